The van der Waals surface area contributed by atoms with E-state index in [4.69, 9.17) is 9.47 Å². The summed E-state index contributed by atoms with van der Waals surface area (Å²) in [7, 11) is 0. The fourth-order valence-electron chi connectivity index (χ4n) is 3.29. The van der Waals surface area contributed by atoms with Crippen LogP contribution in [0.1, 0.15) is 30.6 Å². The highest BCUT2D eigenvalue weighted by atomic mass is 32.2. The number of aromatic amines is 1. The molecule has 2 N–H and O–H groups in total. The first-order valence-corrected chi connectivity index (χ1v) is 12.6. The molecule has 4 rings (SSSR count). The highest BCUT2D eigenvalue weighted by Crippen LogP contribution is 2.38. The number of amides is 1. The predicted octanol–water partition coefficient (Wildman–Crippen LogP) is 5.24. The van der Waals surface area contributed by atoms with Crippen molar-refractivity contribution in [3.05, 3.63) is 78.4 Å². The van der Waals surface area contributed by atoms with E-state index in [1.165, 1.54) is 11.8 Å². The van der Waals surface area contributed by atoms with E-state index >= 15 is 0 Å². The number of aromatic nitrogens is 4. The summed E-state index contributed by atoms with van der Waals surface area (Å²) in [4.78, 5) is 26.6. The topological polar surface area (TPSA) is 119 Å². The molecular weight excluding hydrogens is 490 g/mol. The summed E-state index contributed by atoms with van der Waals surface area (Å²) >= 11 is 1.50. The summed E-state index contributed by atoms with van der Waals surface area (Å²) in [5.41, 5.74) is 1.99. The van der Waals surface area contributed by atoms with Crippen molar-refractivity contribution < 1.29 is 19.1 Å². The number of hydrogen-bond acceptors (Lipinski definition) is 8. The zero-order valence-electron chi connectivity index (χ0n) is 20.5. The molecule has 0 unspecified atom stereocenters. The molecule has 4 aromatic rings. The second-order valence-corrected chi connectivity index (χ2v) is 9.60. The van der Waals surface area contributed by atoms with Crippen molar-refractivity contribution in [3.63, 3.8) is 0 Å². The lowest BCUT2D eigenvalue weighted by molar-refractivity contribution is -0.146. The van der Waals surface area contributed by atoms with Crippen molar-refractivity contribution in [2.24, 2.45) is 5.92 Å². The molecule has 1 aromatic heterocycles. The quantitative estimate of drug-likeness (QED) is 0.259. The largest absolute Gasteiger partial charge is 0.482 e. The van der Waals surface area contributed by atoms with Gasteiger partial charge in [-0.05, 0) is 71.3 Å². The van der Waals surface area contributed by atoms with Crippen LogP contribution in [0.2, 0.25) is 0 Å². The van der Waals surface area contributed by atoms with Gasteiger partial charge in [0.2, 0.25) is 0 Å². The summed E-state index contributed by atoms with van der Waals surface area (Å²) in [6.07, 6.45) is 0.808. The van der Waals surface area contributed by atoms with Crippen LogP contribution < -0.4 is 10.1 Å². The Bertz CT molecular complexity index is 1330. The summed E-state index contributed by atoms with van der Waals surface area (Å²) in [6.45, 7) is 4.33. The number of carbonyl (C=O) groups is 2. The van der Waals surface area contributed by atoms with Gasteiger partial charge in [0, 0.05) is 20.9 Å². The molecule has 0 aliphatic carbocycles. The lowest BCUT2D eigenvalue weighted by Gasteiger charge is -2.13. The molecule has 9 nitrogen and oxygen atoms in total. The number of hydrogen-bond donors (Lipinski definition) is 2. The fraction of sp³-hybridized carbons (Fsp3) is 0.222. The van der Waals surface area contributed by atoms with Gasteiger partial charge in [-0.3, -0.25) is 4.79 Å². The van der Waals surface area contributed by atoms with E-state index in [0.717, 1.165) is 21.8 Å². The van der Waals surface area contributed by atoms with Gasteiger partial charge in [0.05, 0.1) is 12.3 Å². The van der Waals surface area contributed by atoms with Crippen molar-refractivity contribution >= 4 is 29.3 Å². The van der Waals surface area contributed by atoms with Crippen molar-refractivity contribution in [2.45, 2.75) is 30.1 Å². The van der Waals surface area contributed by atoms with E-state index in [0.29, 0.717) is 35.3 Å². The molecule has 10 heteroatoms. The van der Waals surface area contributed by atoms with Crippen molar-refractivity contribution in [1.82, 2.24) is 20.6 Å². The molecule has 0 aliphatic heterocycles. The SMILES string of the molecule is CC(C)CCOC(=O)COc1ccc(C(=O)Nc2ccccc2Sc2ccccc2-c2nnn[nH]2)cc1. The second-order valence-electron chi connectivity index (χ2n) is 8.51. The molecule has 0 bridgehead atoms. The Balaban J connectivity index is 1.38. The van der Waals surface area contributed by atoms with Gasteiger partial charge < -0.3 is 14.8 Å². The smallest absolute Gasteiger partial charge is 0.344 e. The summed E-state index contributed by atoms with van der Waals surface area (Å²) in [5, 5.41) is 17.1. The number of benzene rings is 3. The standard InChI is InChI=1S/C27H27N5O4S/c1-18(2)15-16-35-25(33)17-36-20-13-11-19(12-14-20)27(34)28-22-8-4-6-10-24(22)37-23-9-5-3-7-21(23)26-29-31-32-30-26/h3-14,18H,15-17H2,1-2H3,(H,28,34)(H,29,30,31,32). The Morgan fingerprint density at radius 1 is 0.973 bits per heavy atom. The lowest BCUT2D eigenvalue weighted by atomic mass is 10.1. The number of anilines is 1. The van der Waals surface area contributed by atoms with E-state index < -0.39 is 5.97 Å². The number of tetrazole rings is 1. The fourth-order valence-corrected chi connectivity index (χ4v) is 4.33. The summed E-state index contributed by atoms with van der Waals surface area (Å²) in [6, 6.07) is 21.9. The second kappa shape index (κ2) is 12.7. The first-order valence-electron chi connectivity index (χ1n) is 11.8. The Morgan fingerprint density at radius 3 is 2.43 bits per heavy atom. The molecule has 1 heterocycles. The van der Waals surface area contributed by atoms with Crippen LogP contribution in [-0.2, 0) is 9.53 Å². The number of H-pyrrole nitrogens is 1. The minimum absolute atomic E-state index is 0.181. The van der Waals surface area contributed by atoms with Crippen LogP contribution >= 0.6 is 11.8 Å². The first kappa shape index (κ1) is 25.9. The molecule has 0 aliphatic rings. The van der Waals surface area contributed by atoms with Gasteiger partial charge in [0.15, 0.2) is 12.4 Å². The van der Waals surface area contributed by atoms with Gasteiger partial charge in [-0.25, -0.2) is 9.89 Å². The summed E-state index contributed by atoms with van der Waals surface area (Å²) in [5.74, 6) is 0.825. The van der Waals surface area contributed by atoms with Gasteiger partial charge in [-0.2, -0.15) is 0 Å². The van der Waals surface area contributed by atoms with Gasteiger partial charge in [-0.1, -0.05) is 49.9 Å². The predicted molar refractivity (Wildman–Crippen MR) is 140 cm³/mol. The maximum absolute atomic E-state index is 13.0. The lowest BCUT2D eigenvalue weighted by Crippen LogP contribution is -2.16. The van der Waals surface area contributed by atoms with Gasteiger partial charge >= 0.3 is 5.97 Å². The van der Waals surface area contributed by atoms with E-state index in [9.17, 15) is 9.59 Å². The molecule has 0 saturated heterocycles. The number of rotatable bonds is 11. The minimum atomic E-state index is -0.419. The van der Waals surface area contributed by atoms with Gasteiger partial charge in [0.1, 0.15) is 5.75 Å². The zero-order chi connectivity index (χ0) is 26.0. The van der Waals surface area contributed by atoms with E-state index in [1.807, 2.05) is 48.5 Å². The van der Waals surface area contributed by atoms with Crippen LogP contribution in [0, 0.1) is 5.92 Å². The van der Waals surface area contributed by atoms with Gasteiger partial charge in [-0.15, -0.1) is 5.10 Å². The molecule has 0 spiro atoms. The summed E-state index contributed by atoms with van der Waals surface area (Å²) < 4.78 is 10.6. The average molecular weight is 518 g/mol. The molecule has 0 radical (unpaired) electrons. The van der Waals surface area contributed by atoms with Crippen LogP contribution in [0.5, 0.6) is 5.75 Å². The average Bonchev–Trinajstić information content (AvgIpc) is 3.44. The van der Waals surface area contributed by atoms with Crippen LogP contribution in [0.4, 0.5) is 5.69 Å². The molecule has 37 heavy (non-hydrogen) atoms. The van der Waals surface area contributed by atoms with Crippen LogP contribution in [0.15, 0.2) is 82.6 Å². The third-order valence-corrected chi connectivity index (χ3v) is 6.43. The minimum Gasteiger partial charge on any atom is -0.482 e. The van der Waals surface area contributed by atoms with E-state index in [2.05, 4.69) is 39.8 Å². The first-order chi connectivity index (χ1) is 18.0. The molecular formula is C27H27N5O4S. The highest BCUT2D eigenvalue weighted by molar-refractivity contribution is 7.99. The highest BCUT2D eigenvalue weighted by Gasteiger charge is 2.14. The van der Waals surface area contributed by atoms with E-state index in [-0.39, 0.29) is 12.5 Å². The number of nitrogens with one attached hydrogen (secondary N) is 2. The Labute approximate surface area is 219 Å². The maximum Gasteiger partial charge on any atom is 0.344 e. The third kappa shape index (κ3) is 7.40. The molecule has 190 valence electrons. The number of esters is 1. The molecule has 1 amide bonds. The third-order valence-electron chi connectivity index (χ3n) is 5.27. The molecule has 3 aromatic carbocycles. The number of ether oxygens (including phenoxy) is 2. The zero-order valence-corrected chi connectivity index (χ0v) is 21.3. The molecule has 0 atom stereocenters. The monoisotopic (exact) mass is 517 g/mol. The van der Waals surface area contributed by atoms with Gasteiger partial charge in [0.25, 0.3) is 5.91 Å². The Hall–Kier alpha value is -4.18. The number of carbonyl (C=O) groups excluding carboxylic acids is 2. The Kier molecular flexibility index (Phi) is 8.88. The van der Waals surface area contributed by atoms with Crippen molar-refractivity contribution in [3.8, 4) is 17.1 Å². The van der Waals surface area contributed by atoms with Crippen molar-refractivity contribution in [1.29, 1.82) is 0 Å². The molecule has 0 fully saturated rings. The number of nitrogens with zero attached hydrogens (tertiary/aromatic N) is 3. The van der Waals surface area contributed by atoms with Crippen molar-refractivity contribution in [2.75, 3.05) is 18.5 Å². The number of para-hydroxylation sites is 1. The van der Waals surface area contributed by atoms with Crippen LogP contribution in [-0.4, -0.2) is 45.7 Å². The molecule has 0 saturated carbocycles. The Morgan fingerprint density at radius 2 is 1.70 bits per heavy atom. The maximum atomic E-state index is 13.0. The van der Waals surface area contributed by atoms with Crippen LogP contribution in [0.3, 0.4) is 0 Å². The van der Waals surface area contributed by atoms with Crippen LogP contribution in [0.25, 0.3) is 11.4 Å². The van der Waals surface area contributed by atoms with E-state index in [1.54, 1.807) is 24.3 Å². The normalized spacial score (nSPS) is 10.8.